The highest BCUT2D eigenvalue weighted by atomic mass is 16.5. The number of carbonyl (C=O) groups excluding carboxylic acids is 2. The SMILES string of the molecule is CCCCOC(=O)C1(C(C)C)C2(C(C)C)C=CC(C(C)C)(C2)C1(C(=O)OCCCC)C(C)C. The smallest absolute Gasteiger partial charge is 0.314 e. The number of fused-ring (bicyclic) bond motifs is 2. The third-order valence-corrected chi connectivity index (χ3v) is 9.25. The molecule has 2 bridgehead atoms. The summed E-state index contributed by atoms with van der Waals surface area (Å²) in [6.07, 6.45) is 8.95. The molecule has 190 valence electrons. The second-order valence-electron chi connectivity index (χ2n) is 11.8. The Morgan fingerprint density at radius 1 is 0.667 bits per heavy atom. The molecule has 0 N–H and O–H groups in total. The van der Waals surface area contributed by atoms with Crippen molar-refractivity contribution in [2.45, 2.75) is 101 Å². The van der Waals surface area contributed by atoms with Gasteiger partial charge in [-0.2, -0.15) is 0 Å². The summed E-state index contributed by atoms with van der Waals surface area (Å²) in [6.45, 7) is 22.3. The average molecular weight is 463 g/mol. The molecule has 0 heterocycles. The van der Waals surface area contributed by atoms with E-state index in [1.54, 1.807) is 0 Å². The maximum absolute atomic E-state index is 14.4. The van der Waals surface area contributed by atoms with Crippen molar-refractivity contribution in [3.63, 3.8) is 0 Å². The first-order valence-corrected chi connectivity index (χ1v) is 13.4. The van der Waals surface area contributed by atoms with Crippen LogP contribution in [0.15, 0.2) is 12.2 Å². The van der Waals surface area contributed by atoms with Crippen LogP contribution in [0.2, 0.25) is 0 Å². The zero-order valence-electron chi connectivity index (χ0n) is 23.0. The maximum Gasteiger partial charge on any atom is 0.314 e. The van der Waals surface area contributed by atoms with Crippen LogP contribution in [-0.4, -0.2) is 25.2 Å². The van der Waals surface area contributed by atoms with E-state index in [1.807, 2.05) is 0 Å². The third-order valence-electron chi connectivity index (χ3n) is 9.25. The minimum Gasteiger partial charge on any atom is -0.465 e. The summed E-state index contributed by atoms with van der Waals surface area (Å²) < 4.78 is 12.2. The fraction of sp³-hybridized carbons (Fsp3) is 0.862. The standard InChI is InChI=1S/C29H50O4/c1-11-13-17-32-24(30)28(22(7)8)26(20(3)4)15-16-27(19-26,21(5)6)29(28,23(9)10)25(31)33-18-14-12-2/h15-16,20-23H,11-14,17-19H2,1-10H3. The largest absolute Gasteiger partial charge is 0.465 e. The Balaban J connectivity index is 2.93. The molecule has 0 spiro atoms. The van der Waals surface area contributed by atoms with Gasteiger partial charge in [0, 0.05) is 10.8 Å². The molecule has 4 nitrogen and oxygen atoms in total. The highest BCUT2D eigenvalue weighted by Gasteiger charge is 2.86. The predicted octanol–water partition coefficient (Wildman–Crippen LogP) is 7.22. The molecule has 0 aromatic rings. The normalized spacial score (nSPS) is 33.0. The lowest BCUT2D eigenvalue weighted by Gasteiger charge is -2.60. The summed E-state index contributed by atoms with van der Waals surface area (Å²) in [5, 5.41) is 0. The van der Waals surface area contributed by atoms with Gasteiger partial charge < -0.3 is 9.47 Å². The number of hydrogen-bond donors (Lipinski definition) is 0. The van der Waals surface area contributed by atoms with Crippen LogP contribution in [-0.2, 0) is 19.1 Å². The zero-order chi connectivity index (χ0) is 25.2. The average Bonchev–Trinajstić information content (AvgIpc) is 3.26. The number of hydrogen-bond acceptors (Lipinski definition) is 4. The number of esters is 2. The molecule has 4 atom stereocenters. The van der Waals surface area contributed by atoms with Crippen LogP contribution in [0.3, 0.4) is 0 Å². The summed E-state index contributed by atoms with van der Waals surface area (Å²) in [5.41, 5.74) is -2.89. The Hall–Kier alpha value is -1.32. The summed E-state index contributed by atoms with van der Waals surface area (Å²) >= 11 is 0. The number of unbranched alkanes of at least 4 members (excludes halogenated alkanes) is 2. The lowest BCUT2D eigenvalue weighted by Crippen LogP contribution is -2.67. The fourth-order valence-corrected chi connectivity index (χ4v) is 7.88. The lowest BCUT2D eigenvalue weighted by atomic mass is 9.40. The van der Waals surface area contributed by atoms with Crippen molar-refractivity contribution in [1.29, 1.82) is 0 Å². The van der Waals surface area contributed by atoms with Gasteiger partial charge in [0.25, 0.3) is 0 Å². The van der Waals surface area contributed by atoms with Crippen LogP contribution >= 0.6 is 0 Å². The van der Waals surface area contributed by atoms with Gasteiger partial charge in [-0.05, 0) is 42.9 Å². The quantitative estimate of drug-likeness (QED) is 0.175. The molecule has 0 aromatic heterocycles. The van der Waals surface area contributed by atoms with Crippen LogP contribution in [0.4, 0.5) is 0 Å². The van der Waals surface area contributed by atoms with Crippen molar-refractivity contribution in [2.24, 2.45) is 45.3 Å². The van der Waals surface area contributed by atoms with Gasteiger partial charge in [-0.25, -0.2) is 0 Å². The monoisotopic (exact) mass is 462 g/mol. The van der Waals surface area contributed by atoms with Gasteiger partial charge in [0.1, 0.15) is 0 Å². The van der Waals surface area contributed by atoms with Gasteiger partial charge >= 0.3 is 11.9 Å². The Bertz CT molecular complexity index is 676. The molecule has 0 aromatic carbocycles. The first kappa shape index (κ1) is 27.9. The maximum atomic E-state index is 14.4. The Morgan fingerprint density at radius 2 is 1.00 bits per heavy atom. The lowest BCUT2D eigenvalue weighted by molar-refractivity contribution is -0.213. The number of allylic oxidation sites excluding steroid dienone is 2. The molecule has 2 rings (SSSR count). The summed E-state index contributed by atoms with van der Waals surface area (Å²) in [4.78, 5) is 28.9. The summed E-state index contributed by atoms with van der Waals surface area (Å²) in [6, 6.07) is 0. The number of carbonyl (C=O) groups is 2. The van der Waals surface area contributed by atoms with Crippen LogP contribution in [0.25, 0.3) is 0 Å². The highest BCUT2D eigenvalue weighted by molar-refractivity contribution is 5.93. The van der Waals surface area contributed by atoms with Crippen molar-refractivity contribution in [1.82, 2.24) is 0 Å². The van der Waals surface area contributed by atoms with Crippen LogP contribution in [0, 0.1) is 45.3 Å². The molecule has 0 saturated heterocycles. The van der Waals surface area contributed by atoms with Crippen molar-refractivity contribution >= 4 is 11.9 Å². The van der Waals surface area contributed by atoms with E-state index in [9.17, 15) is 9.59 Å². The van der Waals surface area contributed by atoms with E-state index >= 15 is 0 Å². The van der Waals surface area contributed by atoms with Gasteiger partial charge in [0.2, 0.25) is 0 Å². The van der Waals surface area contributed by atoms with Crippen LogP contribution in [0.1, 0.15) is 101 Å². The number of ether oxygens (including phenoxy) is 2. The van der Waals surface area contributed by atoms with Gasteiger partial charge in [-0.3, -0.25) is 9.59 Å². The topological polar surface area (TPSA) is 52.6 Å². The van der Waals surface area contributed by atoms with E-state index in [0.29, 0.717) is 13.2 Å². The summed E-state index contributed by atoms with van der Waals surface area (Å²) in [7, 11) is 0. The van der Waals surface area contributed by atoms with Crippen LogP contribution in [0.5, 0.6) is 0 Å². The van der Waals surface area contributed by atoms with E-state index in [1.165, 1.54) is 0 Å². The van der Waals surface area contributed by atoms with E-state index in [2.05, 4.69) is 81.4 Å². The van der Waals surface area contributed by atoms with E-state index in [0.717, 1.165) is 32.1 Å². The Morgan fingerprint density at radius 3 is 1.24 bits per heavy atom. The predicted molar refractivity (Wildman–Crippen MR) is 135 cm³/mol. The van der Waals surface area contributed by atoms with Gasteiger partial charge in [-0.15, -0.1) is 0 Å². The zero-order valence-corrected chi connectivity index (χ0v) is 23.0. The molecule has 2 aliphatic carbocycles. The van der Waals surface area contributed by atoms with E-state index in [-0.39, 0.29) is 35.6 Å². The third kappa shape index (κ3) is 3.52. The molecule has 33 heavy (non-hydrogen) atoms. The minimum absolute atomic E-state index is 0.0827. The molecule has 4 heteroatoms. The van der Waals surface area contributed by atoms with Crippen LogP contribution < -0.4 is 0 Å². The molecule has 0 amide bonds. The second kappa shape index (κ2) is 10.1. The van der Waals surface area contributed by atoms with Gasteiger partial charge in [0.05, 0.1) is 24.0 Å². The Kier molecular flexibility index (Phi) is 8.56. The number of rotatable bonds is 12. The first-order valence-electron chi connectivity index (χ1n) is 13.4. The molecule has 1 fully saturated rings. The molecule has 0 aliphatic heterocycles. The molecule has 2 aliphatic rings. The van der Waals surface area contributed by atoms with E-state index in [4.69, 9.17) is 9.47 Å². The minimum atomic E-state index is -0.988. The van der Waals surface area contributed by atoms with Crippen molar-refractivity contribution in [3.8, 4) is 0 Å². The van der Waals surface area contributed by atoms with Gasteiger partial charge in [-0.1, -0.05) is 94.2 Å². The molecule has 1 saturated carbocycles. The van der Waals surface area contributed by atoms with Crippen molar-refractivity contribution in [3.05, 3.63) is 12.2 Å². The molecular formula is C29H50O4. The highest BCUT2D eigenvalue weighted by Crippen LogP contribution is 2.83. The van der Waals surface area contributed by atoms with Crippen molar-refractivity contribution < 1.29 is 19.1 Å². The molecule has 4 unspecified atom stereocenters. The Labute approximate surface area is 203 Å². The fourth-order valence-electron chi connectivity index (χ4n) is 7.88. The van der Waals surface area contributed by atoms with Gasteiger partial charge in [0.15, 0.2) is 0 Å². The van der Waals surface area contributed by atoms with E-state index < -0.39 is 21.7 Å². The summed E-state index contributed by atoms with van der Waals surface area (Å²) in [5.74, 6) is -0.207. The first-order chi connectivity index (χ1) is 15.4. The van der Waals surface area contributed by atoms with Crippen molar-refractivity contribution in [2.75, 3.05) is 13.2 Å². The second-order valence-corrected chi connectivity index (χ2v) is 11.8. The molecule has 0 radical (unpaired) electrons. The molecular weight excluding hydrogens is 412 g/mol.